The van der Waals surface area contributed by atoms with E-state index in [2.05, 4.69) is 27.3 Å². The molecule has 3 aromatic rings. The Morgan fingerprint density at radius 1 is 0.919 bits per heavy atom. The maximum Gasteiger partial charge on any atom is 0.405 e. The maximum atomic E-state index is 13.3. The number of hydrogen-bond acceptors (Lipinski definition) is 4. The normalized spacial score (nSPS) is 20.9. The molecule has 3 unspecified atom stereocenters. The third-order valence-corrected chi connectivity index (χ3v) is 7.93. The minimum absolute atomic E-state index is 0.0445. The lowest BCUT2D eigenvalue weighted by atomic mass is 9.86. The van der Waals surface area contributed by atoms with E-state index in [0.717, 1.165) is 60.7 Å². The minimum atomic E-state index is -1.02. The van der Waals surface area contributed by atoms with E-state index in [4.69, 9.17) is 0 Å². The van der Waals surface area contributed by atoms with Crippen LogP contribution in [0.2, 0.25) is 0 Å². The summed E-state index contributed by atoms with van der Waals surface area (Å²) in [7, 11) is 0. The lowest BCUT2D eigenvalue weighted by Gasteiger charge is -2.32. The molecule has 4 atom stereocenters. The number of aryl methyl sites for hydroxylation is 2. The second-order valence-corrected chi connectivity index (χ2v) is 10.4. The van der Waals surface area contributed by atoms with Crippen molar-refractivity contribution in [1.82, 2.24) is 20.1 Å². The van der Waals surface area contributed by atoms with Gasteiger partial charge in [0.05, 0.1) is 17.3 Å². The molecule has 2 N–H and O–H groups in total. The molecule has 0 spiro atoms. The number of benzene rings is 2. The van der Waals surface area contributed by atoms with Gasteiger partial charge in [-0.25, -0.2) is 4.79 Å². The van der Waals surface area contributed by atoms with Gasteiger partial charge in [-0.1, -0.05) is 60.7 Å². The van der Waals surface area contributed by atoms with Gasteiger partial charge in [0.15, 0.2) is 0 Å². The average Bonchev–Trinajstić information content (AvgIpc) is 3.46. The Labute approximate surface area is 218 Å². The predicted octanol–water partition coefficient (Wildman–Crippen LogP) is 4.49. The molecule has 0 radical (unpaired) electrons. The van der Waals surface area contributed by atoms with Crippen molar-refractivity contribution in [2.24, 2.45) is 11.8 Å². The third-order valence-electron chi connectivity index (χ3n) is 7.93. The number of nitrogens with one attached hydrogen (secondary N) is 1. The quantitative estimate of drug-likeness (QED) is 0.501. The fourth-order valence-corrected chi connectivity index (χ4v) is 6.17. The topological polar surface area (TPSA) is 85.8 Å². The first-order valence-electron chi connectivity index (χ1n) is 12.9. The molecule has 3 heterocycles. The highest BCUT2D eigenvalue weighted by molar-refractivity contribution is 5.96. The van der Waals surface area contributed by atoms with Gasteiger partial charge >= 0.3 is 6.09 Å². The molecule has 0 saturated carbocycles. The van der Waals surface area contributed by atoms with E-state index in [1.165, 1.54) is 0 Å². The second-order valence-electron chi connectivity index (χ2n) is 10.4. The largest absolute Gasteiger partial charge is 0.465 e. The van der Waals surface area contributed by atoms with Gasteiger partial charge in [0.25, 0.3) is 5.91 Å². The number of carboxylic acid groups (broad SMARTS) is 1. The molecule has 2 aromatic carbocycles. The van der Waals surface area contributed by atoms with E-state index in [0.29, 0.717) is 11.8 Å². The van der Waals surface area contributed by atoms with Gasteiger partial charge in [-0.05, 0) is 48.4 Å². The molecule has 2 aliphatic heterocycles. The molecule has 2 fully saturated rings. The van der Waals surface area contributed by atoms with E-state index in [1.807, 2.05) is 73.3 Å². The van der Waals surface area contributed by atoms with Crippen molar-refractivity contribution >= 4 is 12.0 Å². The maximum absolute atomic E-state index is 13.3. The third kappa shape index (κ3) is 5.37. The van der Waals surface area contributed by atoms with Crippen molar-refractivity contribution in [2.75, 3.05) is 32.7 Å². The number of fused-ring (bicyclic) bond motifs is 1. The highest BCUT2D eigenvalue weighted by atomic mass is 16.4. The van der Waals surface area contributed by atoms with Gasteiger partial charge in [-0.3, -0.25) is 9.78 Å². The van der Waals surface area contributed by atoms with Gasteiger partial charge in [0, 0.05) is 44.8 Å². The number of aromatic nitrogens is 1. The van der Waals surface area contributed by atoms with Crippen molar-refractivity contribution in [3.05, 3.63) is 101 Å². The summed E-state index contributed by atoms with van der Waals surface area (Å²) < 4.78 is 0. The van der Waals surface area contributed by atoms with Crippen LogP contribution in [0.25, 0.3) is 0 Å². The number of likely N-dealkylation sites (tertiary alicyclic amines) is 2. The monoisotopic (exact) mass is 498 g/mol. The van der Waals surface area contributed by atoms with Crippen molar-refractivity contribution in [2.45, 2.75) is 25.8 Å². The van der Waals surface area contributed by atoms with E-state index in [-0.39, 0.29) is 17.9 Å². The van der Waals surface area contributed by atoms with Crippen LogP contribution in [0, 0.1) is 25.7 Å². The Balaban J connectivity index is 1.32. The van der Waals surface area contributed by atoms with Gasteiger partial charge < -0.3 is 20.2 Å². The van der Waals surface area contributed by atoms with Gasteiger partial charge in [0.1, 0.15) is 0 Å². The molecule has 2 amide bonds. The zero-order chi connectivity index (χ0) is 25.9. The number of pyridine rings is 1. The van der Waals surface area contributed by atoms with Crippen LogP contribution < -0.4 is 5.32 Å². The second kappa shape index (κ2) is 10.7. The van der Waals surface area contributed by atoms with Crippen LogP contribution >= 0.6 is 0 Å². The van der Waals surface area contributed by atoms with Gasteiger partial charge in [-0.2, -0.15) is 0 Å². The molecule has 37 heavy (non-hydrogen) atoms. The number of nitrogens with zero attached hydrogens (tertiary/aromatic N) is 3. The van der Waals surface area contributed by atoms with Crippen LogP contribution in [-0.2, 0) is 0 Å². The molecule has 7 heteroatoms. The van der Waals surface area contributed by atoms with Crippen LogP contribution in [0.4, 0.5) is 4.79 Å². The summed E-state index contributed by atoms with van der Waals surface area (Å²) >= 11 is 0. The van der Waals surface area contributed by atoms with Crippen molar-refractivity contribution in [3.63, 3.8) is 0 Å². The first-order valence-corrected chi connectivity index (χ1v) is 12.9. The van der Waals surface area contributed by atoms with Crippen LogP contribution in [0.15, 0.2) is 72.9 Å². The van der Waals surface area contributed by atoms with E-state index in [9.17, 15) is 14.7 Å². The molecule has 0 aliphatic carbocycles. The molecule has 5 rings (SSSR count). The standard InChI is InChI=1S/C30H34N4O3/c1-20-13-14-31-21(2)27(20)29(35)34-17-24-15-33(16-25(24)18-34)19-26(22-9-5-3-6-10-22)28(32-30(36)37)23-11-7-4-8-12-23/h3-14,24-26,28,32H,15-19H2,1-2H3,(H,36,37)/t24-,25?,26?,28?/m0/s1. The number of carbonyl (C=O) groups is 2. The van der Waals surface area contributed by atoms with Crippen molar-refractivity contribution in [3.8, 4) is 0 Å². The first kappa shape index (κ1) is 25.0. The Bertz CT molecular complexity index is 1220. The lowest BCUT2D eigenvalue weighted by molar-refractivity contribution is 0.0771. The fourth-order valence-electron chi connectivity index (χ4n) is 6.17. The zero-order valence-electron chi connectivity index (χ0n) is 21.4. The lowest BCUT2D eigenvalue weighted by Crippen LogP contribution is -2.39. The smallest absolute Gasteiger partial charge is 0.405 e. The molecule has 192 valence electrons. The summed E-state index contributed by atoms with van der Waals surface area (Å²) in [5.74, 6) is 0.874. The summed E-state index contributed by atoms with van der Waals surface area (Å²) in [6, 6.07) is 21.5. The Kier molecular flexibility index (Phi) is 7.24. The molecule has 2 saturated heterocycles. The number of hydrogen-bond donors (Lipinski definition) is 2. The molecule has 7 nitrogen and oxygen atoms in total. The van der Waals surface area contributed by atoms with Gasteiger partial charge in [0.2, 0.25) is 0 Å². The zero-order valence-corrected chi connectivity index (χ0v) is 21.4. The average molecular weight is 499 g/mol. The molecule has 1 aromatic heterocycles. The summed E-state index contributed by atoms with van der Waals surface area (Å²) in [5, 5.41) is 12.5. The minimum Gasteiger partial charge on any atom is -0.465 e. The van der Waals surface area contributed by atoms with E-state index in [1.54, 1.807) is 6.20 Å². The summed E-state index contributed by atoms with van der Waals surface area (Å²) in [4.78, 5) is 33.9. The van der Waals surface area contributed by atoms with Crippen LogP contribution in [-0.4, -0.2) is 64.6 Å². The van der Waals surface area contributed by atoms with Crippen LogP contribution in [0.3, 0.4) is 0 Å². The van der Waals surface area contributed by atoms with E-state index < -0.39 is 6.09 Å². The van der Waals surface area contributed by atoms with Crippen LogP contribution in [0.1, 0.15) is 44.7 Å². The SMILES string of the molecule is Cc1ccnc(C)c1C(=O)N1CC2CN(CC(c3ccccc3)C(NC(=O)O)c3ccccc3)C[C@H]2C1. The number of carbonyl (C=O) groups excluding carboxylic acids is 1. The predicted molar refractivity (Wildman–Crippen MR) is 143 cm³/mol. The number of rotatable bonds is 7. The summed E-state index contributed by atoms with van der Waals surface area (Å²) in [6.45, 7) is 7.91. The Morgan fingerprint density at radius 2 is 1.51 bits per heavy atom. The molecule has 2 aliphatic rings. The Hall–Kier alpha value is -3.71. The summed E-state index contributed by atoms with van der Waals surface area (Å²) in [6.07, 6.45) is 0.728. The fraction of sp³-hybridized carbons (Fsp3) is 0.367. The molecular formula is C30H34N4O3. The van der Waals surface area contributed by atoms with Crippen LogP contribution in [0.5, 0.6) is 0 Å². The first-order chi connectivity index (χ1) is 17.9. The van der Waals surface area contributed by atoms with E-state index >= 15 is 0 Å². The van der Waals surface area contributed by atoms with Crippen molar-refractivity contribution < 1.29 is 14.7 Å². The van der Waals surface area contributed by atoms with Crippen molar-refractivity contribution in [1.29, 1.82) is 0 Å². The summed E-state index contributed by atoms with van der Waals surface area (Å²) in [5.41, 5.74) is 4.56. The van der Waals surface area contributed by atoms with Gasteiger partial charge in [-0.15, -0.1) is 0 Å². The molecular weight excluding hydrogens is 464 g/mol. The number of amides is 2. The highest BCUT2D eigenvalue weighted by Gasteiger charge is 2.43. The highest BCUT2D eigenvalue weighted by Crippen LogP contribution is 2.37. The molecule has 0 bridgehead atoms. The Morgan fingerprint density at radius 3 is 2.08 bits per heavy atom.